The zero-order chi connectivity index (χ0) is 20.3. The van der Waals surface area contributed by atoms with Gasteiger partial charge in [0.25, 0.3) is 5.91 Å². The van der Waals surface area contributed by atoms with Crippen LogP contribution in [0.25, 0.3) is 16.2 Å². The number of aromatic nitrogens is 4. The average Bonchev–Trinajstić information content (AvgIpc) is 3.52. The summed E-state index contributed by atoms with van der Waals surface area (Å²) in [6, 6.07) is 21.6. The van der Waals surface area contributed by atoms with Gasteiger partial charge in [-0.05, 0) is 11.6 Å². The zero-order valence-electron chi connectivity index (χ0n) is 16.1. The Balaban J connectivity index is 1.44. The van der Waals surface area contributed by atoms with Crippen LogP contribution in [0.15, 0.2) is 90.7 Å². The Kier molecular flexibility index (Phi) is 4.86. The molecule has 3 aromatic heterocycles. The molecule has 0 saturated carbocycles. The highest BCUT2D eigenvalue weighted by Gasteiger charge is 2.20. The van der Waals surface area contributed by atoms with E-state index in [0.717, 1.165) is 21.8 Å². The number of amides is 1. The molecule has 0 aliphatic carbocycles. The second-order valence-electron chi connectivity index (χ2n) is 6.93. The second-order valence-corrected chi connectivity index (χ2v) is 7.77. The molecule has 1 amide bonds. The summed E-state index contributed by atoms with van der Waals surface area (Å²) < 4.78 is 3.68. The first kappa shape index (κ1) is 18.3. The van der Waals surface area contributed by atoms with Crippen LogP contribution in [0.4, 0.5) is 0 Å². The van der Waals surface area contributed by atoms with Gasteiger partial charge in [0.1, 0.15) is 5.69 Å². The standard InChI is InChI=1S/C23H19N5OS/c29-22(25-19(14-27-13-7-12-24-27)17-8-3-1-4-9-17)21-16-30-23-26-20(15-28(21)23)18-10-5-2-6-11-18/h1-13,15-16,19H,14H2,(H,25,29)/t19-/m0/s1. The Morgan fingerprint density at radius 2 is 1.80 bits per heavy atom. The lowest BCUT2D eigenvalue weighted by atomic mass is 10.1. The van der Waals surface area contributed by atoms with Gasteiger partial charge in [-0.2, -0.15) is 5.10 Å². The van der Waals surface area contributed by atoms with E-state index in [1.807, 2.05) is 93.6 Å². The van der Waals surface area contributed by atoms with Crippen molar-refractivity contribution in [2.75, 3.05) is 0 Å². The van der Waals surface area contributed by atoms with Gasteiger partial charge in [-0.3, -0.25) is 13.9 Å². The third kappa shape index (κ3) is 3.62. The highest BCUT2D eigenvalue weighted by molar-refractivity contribution is 7.15. The summed E-state index contributed by atoms with van der Waals surface area (Å²) in [5, 5.41) is 9.31. The van der Waals surface area contributed by atoms with E-state index in [9.17, 15) is 4.79 Å². The number of nitrogens with zero attached hydrogens (tertiary/aromatic N) is 4. The van der Waals surface area contributed by atoms with Crippen LogP contribution in [0.3, 0.4) is 0 Å². The number of nitrogens with one attached hydrogen (secondary N) is 1. The molecule has 0 spiro atoms. The summed E-state index contributed by atoms with van der Waals surface area (Å²) in [5.41, 5.74) is 3.49. The van der Waals surface area contributed by atoms with E-state index in [4.69, 9.17) is 0 Å². The minimum atomic E-state index is -0.203. The van der Waals surface area contributed by atoms with Crippen molar-refractivity contribution in [3.8, 4) is 11.3 Å². The molecule has 0 saturated heterocycles. The lowest BCUT2D eigenvalue weighted by Gasteiger charge is -2.19. The van der Waals surface area contributed by atoms with Crippen molar-refractivity contribution in [1.82, 2.24) is 24.5 Å². The molecule has 0 aliphatic rings. The van der Waals surface area contributed by atoms with Crippen LogP contribution in [0, 0.1) is 0 Å². The number of benzene rings is 2. The fourth-order valence-corrected chi connectivity index (χ4v) is 4.30. The third-order valence-corrected chi connectivity index (χ3v) is 5.79. The van der Waals surface area contributed by atoms with E-state index in [2.05, 4.69) is 15.4 Å². The van der Waals surface area contributed by atoms with E-state index in [1.54, 1.807) is 6.20 Å². The van der Waals surface area contributed by atoms with Gasteiger partial charge < -0.3 is 5.32 Å². The number of imidazole rings is 1. The van der Waals surface area contributed by atoms with Gasteiger partial charge in [0.2, 0.25) is 0 Å². The number of hydrogen-bond acceptors (Lipinski definition) is 4. The summed E-state index contributed by atoms with van der Waals surface area (Å²) in [6.07, 6.45) is 5.55. The fourth-order valence-electron chi connectivity index (χ4n) is 3.44. The Labute approximate surface area is 177 Å². The molecule has 6 nitrogen and oxygen atoms in total. The average molecular weight is 414 g/mol. The van der Waals surface area contributed by atoms with Crippen molar-refractivity contribution in [2.45, 2.75) is 12.6 Å². The van der Waals surface area contributed by atoms with Gasteiger partial charge in [-0.25, -0.2) is 4.98 Å². The number of hydrogen-bond donors (Lipinski definition) is 1. The molecule has 2 aromatic carbocycles. The maximum atomic E-state index is 13.2. The molecule has 0 bridgehead atoms. The fraction of sp³-hybridized carbons (Fsp3) is 0.0870. The molecule has 0 aliphatic heterocycles. The van der Waals surface area contributed by atoms with Crippen molar-refractivity contribution in [2.24, 2.45) is 0 Å². The Morgan fingerprint density at radius 3 is 2.53 bits per heavy atom. The van der Waals surface area contributed by atoms with Crippen LogP contribution < -0.4 is 5.32 Å². The van der Waals surface area contributed by atoms with Gasteiger partial charge in [0.05, 0.1) is 18.3 Å². The van der Waals surface area contributed by atoms with Crippen molar-refractivity contribution < 1.29 is 4.79 Å². The zero-order valence-corrected chi connectivity index (χ0v) is 16.9. The summed E-state index contributed by atoms with van der Waals surface area (Å²) >= 11 is 1.46. The highest BCUT2D eigenvalue weighted by Crippen LogP contribution is 2.24. The molecule has 5 aromatic rings. The van der Waals surface area contributed by atoms with Crippen LogP contribution in [0.5, 0.6) is 0 Å². The molecule has 7 heteroatoms. The monoisotopic (exact) mass is 413 g/mol. The van der Waals surface area contributed by atoms with Gasteiger partial charge in [-0.1, -0.05) is 60.7 Å². The molecule has 5 rings (SSSR count). The van der Waals surface area contributed by atoms with Crippen molar-refractivity contribution in [1.29, 1.82) is 0 Å². The van der Waals surface area contributed by atoms with E-state index < -0.39 is 0 Å². The summed E-state index contributed by atoms with van der Waals surface area (Å²) in [7, 11) is 0. The molecule has 1 N–H and O–H groups in total. The van der Waals surface area contributed by atoms with Crippen LogP contribution >= 0.6 is 11.3 Å². The molecule has 0 unspecified atom stereocenters. The van der Waals surface area contributed by atoms with Crippen LogP contribution in [-0.2, 0) is 6.54 Å². The maximum absolute atomic E-state index is 13.2. The van der Waals surface area contributed by atoms with Gasteiger partial charge >= 0.3 is 0 Å². The first-order chi connectivity index (χ1) is 14.8. The maximum Gasteiger partial charge on any atom is 0.269 e. The van der Waals surface area contributed by atoms with Crippen molar-refractivity contribution >= 4 is 22.2 Å². The van der Waals surface area contributed by atoms with Gasteiger partial charge in [-0.15, -0.1) is 11.3 Å². The Hall–Kier alpha value is -3.71. The van der Waals surface area contributed by atoms with Crippen LogP contribution in [0.2, 0.25) is 0 Å². The molecule has 1 atom stereocenters. The summed E-state index contributed by atoms with van der Waals surface area (Å²) in [6.45, 7) is 0.551. The second kappa shape index (κ2) is 7.96. The van der Waals surface area contributed by atoms with Crippen LogP contribution in [0.1, 0.15) is 22.1 Å². The molecule has 0 radical (unpaired) electrons. The Morgan fingerprint density at radius 1 is 1.03 bits per heavy atom. The van der Waals surface area contributed by atoms with E-state index in [1.165, 1.54) is 11.3 Å². The molecule has 3 heterocycles. The van der Waals surface area contributed by atoms with E-state index in [0.29, 0.717) is 12.2 Å². The predicted molar refractivity (Wildman–Crippen MR) is 117 cm³/mol. The molecule has 148 valence electrons. The third-order valence-electron chi connectivity index (χ3n) is 4.95. The minimum absolute atomic E-state index is 0.140. The normalized spacial score (nSPS) is 12.1. The van der Waals surface area contributed by atoms with Gasteiger partial charge in [0.15, 0.2) is 4.96 Å². The topological polar surface area (TPSA) is 64.2 Å². The largest absolute Gasteiger partial charge is 0.342 e. The van der Waals surface area contributed by atoms with Crippen molar-refractivity contribution in [3.05, 3.63) is 102 Å². The Bertz CT molecular complexity index is 1260. The molecular weight excluding hydrogens is 394 g/mol. The SMILES string of the molecule is O=C(N[C@@H](Cn1cccn1)c1ccccc1)c1csc2nc(-c3ccccc3)cn12. The lowest BCUT2D eigenvalue weighted by Crippen LogP contribution is -2.32. The molecule has 30 heavy (non-hydrogen) atoms. The molecular formula is C23H19N5OS. The van der Waals surface area contributed by atoms with Crippen molar-refractivity contribution in [3.63, 3.8) is 0 Å². The number of carbonyl (C=O) groups is 1. The quantitative estimate of drug-likeness (QED) is 0.448. The van der Waals surface area contributed by atoms with Crippen LogP contribution in [-0.4, -0.2) is 25.1 Å². The predicted octanol–water partition coefficient (Wildman–Crippen LogP) is 4.43. The first-order valence-corrected chi connectivity index (χ1v) is 10.5. The smallest absolute Gasteiger partial charge is 0.269 e. The number of carbonyl (C=O) groups excluding carboxylic acids is 1. The summed E-state index contributed by atoms with van der Waals surface area (Å²) in [4.78, 5) is 18.7. The van der Waals surface area contributed by atoms with E-state index in [-0.39, 0.29) is 11.9 Å². The highest BCUT2D eigenvalue weighted by atomic mass is 32.1. The number of thiazole rings is 1. The number of rotatable bonds is 6. The van der Waals surface area contributed by atoms with E-state index >= 15 is 0 Å². The summed E-state index contributed by atoms with van der Waals surface area (Å²) in [5.74, 6) is -0.140. The lowest BCUT2D eigenvalue weighted by molar-refractivity contribution is 0.0926. The number of fused-ring (bicyclic) bond motifs is 1. The first-order valence-electron chi connectivity index (χ1n) is 9.63. The van der Waals surface area contributed by atoms with Gasteiger partial charge in [0, 0.05) is 29.5 Å². The minimum Gasteiger partial charge on any atom is -0.342 e. The molecule has 0 fully saturated rings.